The first kappa shape index (κ1) is 16.6. The van der Waals surface area contributed by atoms with Gasteiger partial charge in [0.1, 0.15) is 0 Å². The lowest BCUT2D eigenvalue weighted by atomic mass is 10.2. The van der Waals surface area contributed by atoms with Crippen molar-refractivity contribution >= 4 is 46.6 Å². The molecule has 4 nitrogen and oxygen atoms in total. The lowest BCUT2D eigenvalue weighted by Crippen LogP contribution is -2.15. The number of rotatable bonds is 4. The molecule has 2 aromatic rings. The minimum absolute atomic E-state index is 0.166. The van der Waals surface area contributed by atoms with Gasteiger partial charge in [-0.05, 0) is 43.9 Å². The van der Waals surface area contributed by atoms with Crippen LogP contribution in [-0.4, -0.2) is 21.6 Å². The van der Waals surface area contributed by atoms with Gasteiger partial charge < -0.3 is 5.32 Å². The highest BCUT2D eigenvalue weighted by molar-refractivity contribution is 7.99. The van der Waals surface area contributed by atoms with Gasteiger partial charge in [0.2, 0.25) is 5.91 Å². The third kappa shape index (κ3) is 3.79. The molecule has 0 unspecified atom stereocenters. The molecule has 0 saturated heterocycles. The lowest BCUT2D eigenvalue weighted by molar-refractivity contribution is -0.113. The van der Waals surface area contributed by atoms with Crippen molar-refractivity contribution in [3.63, 3.8) is 0 Å². The Hall–Kier alpha value is -1.30. The number of benzene rings is 1. The fourth-order valence-corrected chi connectivity index (χ4v) is 3.63. The number of hydrogen-bond acceptors (Lipinski definition) is 4. The van der Waals surface area contributed by atoms with Gasteiger partial charge in [-0.15, -0.1) is 0 Å². The van der Waals surface area contributed by atoms with Crippen LogP contribution in [0.1, 0.15) is 23.4 Å². The predicted octanol–water partition coefficient (Wildman–Crippen LogP) is 4.31. The number of hydrogen-bond donors (Lipinski definition) is 1. The topological polar surface area (TPSA) is 54.9 Å². The number of aryl methyl sites for hydroxylation is 2. The number of anilines is 1. The Morgan fingerprint density at radius 1 is 1.30 bits per heavy atom. The number of nitrogens with zero attached hydrogens (tertiary/aromatic N) is 2. The van der Waals surface area contributed by atoms with Crippen LogP contribution in [0.4, 0.5) is 5.69 Å². The van der Waals surface area contributed by atoms with Gasteiger partial charge in [-0.25, -0.2) is 9.97 Å². The molecule has 120 valence electrons. The summed E-state index contributed by atoms with van der Waals surface area (Å²) in [5, 5.41) is 4.16. The van der Waals surface area contributed by atoms with E-state index < -0.39 is 0 Å². The third-order valence-electron chi connectivity index (χ3n) is 3.68. The molecular weight excluding hydrogens is 353 g/mol. The van der Waals surface area contributed by atoms with Crippen LogP contribution < -0.4 is 5.32 Å². The molecule has 0 aliphatic heterocycles. The molecule has 1 aromatic carbocycles. The van der Waals surface area contributed by atoms with E-state index >= 15 is 0 Å². The van der Waals surface area contributed by atoms with Gasteiger partial charge in [0, 0.05) is 11.4 Å². The van der Waals surface area contributed by atoms with Crippen molar-refractivity contribution in [3.8, 4) is 0 Å². The van der Waals surface area contributed by atoms with Crippen LogP contribution in [0.3, 0.4) is 0 Å². The van der Waals surface area contributed by atoms with Crippen molar-refractivity contribution in [1.82, 2.24) is 9.97 Å². The molecule has 3 rings (SSSR count). The quantitative estimate of drug-likeness (QED) is 0.645. The van der Waals surface area contributed by atoms with Gasteiger partial charge in [-0.3, -0.25) is 4.79 Å². The largest absolute Gasteiger partial charge is 0.324 e. The van der Waals surface area contributed by atoms with E-state index in [0.717, 1.165) is 30.7 Å². The first-order valence-electron chi connectivity index (χ1n) is 7.27. The molecule has 0 bridgehead atoms. The highest BCUT2D eigenvalue weighted by atomic mass is 35.5. The second-order valence-electron chi connectivity index (χ2n) is 5.31. The van der Waals surface area contributed by atoms with Crippen molar-refractivity contribution < 1.29 is 4.79 Å². The SMILES string of the molecule is Cc1nc(SCC(=O)Nc2cccc(Cl)c2Cl)nc2c1CCC2. The summed E-state index contributed by atoms with van der Waals surface area (Å²) in [5.41, 5.74) is 3.92. The Kier molecular flexibility index (Phi) is 5.09. The zero-order valence-corrected chi connectivity index (χ0v) is 14.9. The third-order valence-corrected chi connectivity index (χ3v) is 5.34. The van der Waals surface area contributed by atoms with Crippen LogP contribution in [0.25, 0.3) is 0 Å². The monoisotopic (exact) mass is 367 g/mol. The van der Waals surface area contributed by atoms with Gasteiger partial charge in [0.25, 0.3) is 0 Å². The fraction of sp³-hybridized carbons (Fsp3) is 0.312. The zero-order chi connectivity index (χ0) is 16.4. The van der Waals surface area contributed by atoms with E-state index in [1.807, 2.05) is 6.92 Å². The van der Waals surface area contributed by atoms with E-state index in [-0.39, 0.29) is 11.7 Å². The normalized spacial score (nSPS) is 13.0. The second-order valence-corrected chi connectivity index (χ2v) is 7.04. The van der Waals surface area contributed by atoms with Crippen molar-refractivity contribution in [1.29, 1.82) is 0 Å². The summed E-state index contributed by atoms with van der Waals surface area (Å²) in [6.07, 6.45) is 3.18. The highest BCUT2D eigenvalue weighted by Crippen LogP contribution is 2.30. The van der Waals surface area contributed by atoms with Gasteiger partial charge in [0.05, 0.1) is 21.5 Å². The number of halogens is 2. The van der Waals surface area contributed by atoms with E-state index in [4.69, 9.17) is 23.2 Å². The van der Waals surface area contributed by atoms with Crippen molar-refractivity contribution in [2.24, 2.45) is 0 Å². The van der Waals surface area contributed by atoms with Crippen LogP contribution in [0.2, 0.25) is 10.0 Å². The number of carbonyl (C=O) groups excluding carboxylic acids is 1. The molecule has 1 amide bonds. The van der Waals surface area contributed by atoms with Crippen molar-refractivity contribution in [2.75, 3.05) is 11.1 Å². The summed E-state index contributed by atoms with van der Waals surface area (Å²) < 4.78 is 0. The summed E-state index contributed by atoms with van der Waals surface area (Å²) >= 11 is 13.3. The van der Waals surface area contributed by atoms with Crippen molar-refractivity contribution in [2.45, 2.75) is 31.3 Å². The summed E-state index contributed by atoms with van der Waals surface area (Å²) in [4.78, 5) is 21.1. The number of fused-ring (bicyclic) bond motifs is 1. The highest BCUT2D eigenvalue weighted by Gasteiger charge is 2.17. The number of carbonyl (C=O) groups is 1. The van der Waals surface area contributed by atoms with Crippen LogP contribution in [0.5, 0.6) is 0 Å². The first-order valence-corrected chi connectivity index (χ1v) is 9.02. The zero-order valence-electron chi connectivity index (χ0n) is 12.5. The maximum absolute atomic E-state index is 12.1. The molecule has 0 atom stereocenters. The maximum atomic E-state index is 12.1. The van der Waals surface area contributed by atoms with E-state index in [9.17, 15) is 4.79 Å². The Labute approximate surface area is 149 Å². The molecular formula is C16H15Cl2N3OS. The lowest BCUT2D eigenvalue weighted by Gasteiger charge is -2.09. The van der Waals surface area contributed by atoms with Crippen LogP contribution >= 0.6 is 35.0 Å². The molecule has 0 saturated carbocycles. The first-order chi connectivity index (χ1) is 11.0. The van der Waals surface area contributed by atoms with E-state index in [1.165, 1.54) is 17.3 Å². The molecule has 0 radical (unpaired) electrons. The Balaban J connectivity index is 1.63. The number of thioether (sulfide) groups is 1. The molecule has 1 N–H and O–H groups in total. The fourth-order valence-electron chi connectivity index (χ4n) is 2.57. The number of nitrogens with one attached hydrogen (secondary N) is 1. The van der Waals surface area contributed by atoms with E-state index in [0.29, 0.717) is 20.9 Å². The molecule has 0 fully saturated rings. The average Bonchev–Trinajstić information content (AvgIpc) is 2.99. The van der Waals surface area contributed by atoms with Gasteiger partial charge in [-0.2, -0.15) is 0 Å². The van der Waals surface area contributed by atoms with Crippen LogP contribution in [-0.2, 0) is 17.6 Å². The molecule has 0 spiro atoms. The average molecular weight is 368 g/mol. The van der Waals surface area contributed by atoms with Gasteiger partial charge >= 0.3 is 0 Å². The van der Waals surface area contributed by atoms with Crippen molar-refractivity contribution in [3.05, 3.63) is 45.2 Å². The molecule has 1 heterocycles. The summed E-state index contributed by atoms with van der Waals surface area (Å²) in [6.45, 7) is 2.00. The summed E-state index contributed by atoms with van der Waals surface area (Å²) in [5.74, 6) is 0.0575. The Bertz CT molecular complexity index is 767. The predicted molar refractivity (Wildman–Crippen MR) is 94.6 cm³/mol. The molecule has 7 heteroatoms. The second kappa shape index (κ2) is 7.07. The minimum Gasteiger partial charge on any atom is -0.324 e. The maximum Gasteiger partial charge on any atom is 0.234 e. The number of aromatic nitrogens is 2. The van der Waals surface area contributed by atoms with Gasteiger partial charge in [-0.1, -0.05) is 41.0 Å². The standard InChI is InChI=1S/C16H15Cl2N3OS/c1-9-10-4-2-6-12(10)21-16(19-9)23-8-14(22)20-13-7-3-5-11(17)15(13)18/h3,5,7H,2,4,6,8H2,1H3,(H,20,22). The Morgan fingerprint density at radius 2 is 2.13 bits per heavy atom. The Morgan fingerprint density at radius 3 is 2.96 bits per heavy atom. The van der Waals surface area contributed by atoms with Gasteiger partial charge in [0.15, 0.2) is 5.16 Å². The summed E-state index contributed by atoms with van der Waals surface area (Å²) in [6, 6.07) is 5.13. The summed E-state index contributed by atoms with van der Waals surface area (Å²) in [7, 11) is 0. The minimum atomic E-state index is -0.166. The molecule has 1 aliphatic carbocycles. The molecule has 1 aromatic heterocycles. The van der Waals surface area contributed by atoms with Crippen LogP contribution in [0.15, 0.2) is 23.4 Å². The van der Waals surface area contributed by atoms with Crippen LogP contribution in [0, 0.1) is 6.92 Å². The number of amides is 1. The molecule has 23 heavy (non-hydrogen) atoms. The molecule has 1 aliphatic rings. The van der Waals surface area contributed by atoms with E-state index in [2.05, 4.69) is 15.3 Å². The smallest absolute Gasteiger partial charge is 0.234 e. The van der Waals surface area contributed by atoms with E-state index in [1.54, 1.807) is 18.2 Å².